The topological polar surface area (TPSA) is 55.7 Å². The zero-order chi connectivity index (χ0) is 20.0. The molecule has 7 nitrogen and oxygen atoms in total. The number of hydrogen-bond donors (Lipinski definition) is 1. The normalized spacial score (nSPS) is 11.8. The van der Waals surface area contributed by atoms with Gasteiger partial charge in [0.15, 0.2) is 11.5 Å². The van der Waals surface area contributed by atoms with Crippen LogP contribution in [0.25, 0.3) is 28.1 Å². The third-order valence-electron chi connectivity index (χ3n) is 5.42. The first-order valence-corrected chi connectivity index (χ1v) is 9.64. The van der Waals surface area contributed by atoms with Crippen LogP contribution in [0.2, 0.25) is 0 Å². The van der Waals surface area contributed by atoms with Gasteiger partial charge in [0.05, 0.1) is 32.6 Å². The quantitative estimate of drug-likeness (QED) is 0.573. The maximum absolute atomic E-state index is 4.88. The maximum atomic E-state index is 4.88. The standard InChI is InChI=1S/C21H27N7/c1-14-15(2)27(12-11-25(3)4)20-18(14)21-23-19(24-28(21)13-22-20)16-7-9-17(10-8-16)26(5)6/h7-10,13H,11-12H2,1-6H3/p+1. The van der Waals surface area contributed by atoms with Crippen molar-refractivity contribution in [2.75, 3.05) is 39.6 Å². The largest absolute Gasteiger partial charge is 0.378 e. The average molecular weight is 379 g/mol. The lowest BCUT2D eigenvalue weighted by Gasteiger charge is -2.11. The van der Waals surface area contributed by atoms with Gasteiger partial charge in [0.2, 0.25) is 0 Å². The molecular weight excluding hydrogens is 350 g/mol. The second kappa shape index (κ2) is 6.91. The van der Waals surface area contributed by atoms with E-state index in [9.17, 15) is 0 Å². The molecule has 3 heterocycles. The molecule has 0 radical (unpaired) electrons. The van der Waals surface area contributed by atoms with E-state index in [4.69, 9.17) is 9.97 Å². The Kier molecular flexibility index (Phi) is 4.55. The summed E-state index contributed by atoms with van der Waals surface area (Å²) in [5.74, 6) is 0.724. The summed E-state index contributed by atoms with van der Waals surface area (Å²) in [6.07, 6.45) is 1.78. The van der Waals surface area contributed by atoms with Gasteiger partial charge in [-0.15, -0.1) is 5.10 Å². The van der Waals surface area contributed by atoms with Crippen LogP contribution < -0.4 is 9.80 Å². The molecule has 7 heteroatoms. The van der Waals surface area contributed by atoms with Crippen molar-refractivity contribution in [3.8, 4) is 11.4 Å². The van der Waals surface area contributed by atoms with Gasteiger partial charge >= 0.3 is 0 Å². The number of aromatic nitrogens is 5. The van der Waals surface area contributed by atoms with E-state index in [1.54, 1.807) is 10.8 Å². The minimum atomic E-state index is 0.724. The highest BCUT2D eigenvalue weighted by molar-refractivity contribution is 5.94. The highest BCUT2D eigenvalue weighted by atomic mass is 15.3. The number of anilines is 1. The summed E-state index contributed by atoms with van der Waals surface area (Å²) in [7, 11) is 8.42. The summed E-state index contributed by atoms with van der Waals surface area (Å²) < 4.78 is 4.10. The van der Waals surface area contributed by atoms with Gasteiger partial charge < -0.3 is 14.4 Å². The highest BCUT2D eigenvalue weighted by Gasteiger charge is 2.18. The Hall–Kier alpha value is -2.93. The molecule has 1 aromatic carbocycles. The molecule has 146 valence electrons. The number of nitrogens with zero attached hydrogens (tertiary/aromatic N) is 6. The molecule has 28 heavy (non-hydrogen) atoms. The van der Waals surface area contributed by atoms with Gasteiger partial charge in [0.1, 0.15) is 12.0 Å². The van der Waals surface area contributed by atoms with Crippen LogP contribution in [0.3, 0.4) is 0 Å². The summed E-state index contributed by atoms with van der Waals surface area (Å²) in [5, 5.41) is 5.77. The SMILES string of the molecule is Cc1c(C)n(CC[NH+](C)C)c2ncn3nc(-c4ccc(N(C)C)cc4)nc3c12. The van der Waals surface area contributed by atoms with E-state index in [0.29, 0.717) is 0 Å². The lowest BCUT2D eigenvalue weighted by Crippen LogP contribution is -3.06. The van der Waals surface area contributed by atoms with Crippen LogP contribution in [0, 0.1) is 13.8 Å². The second-order valence-electron chi connectivity index (χ2n) is 7.91. The number of fused-ring (bicyclic) bond motifs is 3. The van der Waals surface area contributed by atoms with Gasteiger partial charge in [0.25, 0.3) is 0 Å². The van der Waals surface area contributed by atoms with Gasteiger partial charge in [-0.1, -0.05) is 0 Å². The molecule has 1 N–H and O–H groups in total. The van der Waals surface area contributed by atoms with Crippen LogP contribution in [0.1, 0.15) is 11.3 Å². The van der Waals surface area contributed by atoms with Crippen molar-refractivity contribution in [2.45, 2.75) is 20.4 Å². The summed E-state index contributed by atoms with van der Waals surface area (Å²) in [6, 6.07) is 8.31. The Morgan fingerprint density at radius 1 is 1.04 bits per heavy atom. The van der Waals surface area contributed by atoms with E-state index < -0.39 is 0 Å². The smallest absolute Gasteiger partial charge is 0.182 e. The number of hydrogen-bond acceptors (Lipinski definition) is 4. The van der Waals surface area contributed by atoms with Crippen LogP contribution in [-0.2, 0) is 6.54 Å². The van der Waals surface area contributed by atoms with Gasteiger partial charge in [0, 0.05) is 31.0 Å². The maximum Gasteiger partial charge on any atom is 0.182 e. The summed E-state index contributed by atoms with van der Waals surface area (Å²) in [5.41, 5.74) is 6.50. The number of aryl methyl sites for hydroxylation is 1. The molecule has 0 saturated heterocycles. The Balaban J connectivity index is 1.83. The van der Waals surface area contributed by atoms with Crippen LogP contribution in [0.4, 0.5) is 5.69 Å². The van der Waals surface area contributed by atoms with Crippen molar-refractivity contribution in [2.24, 2.45) is 0 Å². The zero-order valence-corrected chi connectivity index (χ0v) is 17.5. The predicted octanol–water partition coefficient (Wildman–Crippen LogP) is 1.57. The molecular formula is C21H28N7+. The number of quaternary nitrogens is 1. The molecule has 4 rings (SSSR count). The third kappa shape index (κ3) is 3.01. The molecule has 0 aliphatic heterocycles. The predicted molar refractivity (Wildman–Crippen MR) is 113 cm³/mol. The molecule has 0 unspecified atom stereocenters. The van der Waals surface area contributed by atoms with Crippen LogP contribution in [-0.4, -0.2) is 58.9 Å². The number of benzene rings is 1. The molecule has 0 spiro atoms. The summed E-state index contributed by atoms with van der Waals surface area (Å²) >= 11 is 0. The van der Waals surface area contributed by atoms with E-state index in [1.165, 1.54) is 16.2 Å². The van der Waals surface area contributed by atoms with Crippen molar-refractivity contribution in [1.82, 2.24) is 24.1 Å². The molecule has 0 bridgehead atoms. The zero-order valence-electron chi connectivity index (χ0n) is 17.5. The molecule has 0 aliphatic carbocycles. The number of nitrogens with one attached hydrogen (secondary N) is 1. The average Bonchev–Trinajstić information content (AvgIpc) is 3.20. The molecule has 3 aromatic heterocycles. The molecule has 4 aromatic rings. The fourth-order valence-electron chi connectivity index (χ4n) is 3.57. The summed E-state index contributed by atoms with van der Waals surface area (Å²) in [6.45, 7) is 6.30. The van der Waals surface area contributed by atoms with Crippen molar-refractivity contribution in [3.63, 3.8) is 0 Å². The molecule has 0 fully saturated rings. The Morgan fingerprint density at radius 2 is 1.75 bits per heavy atom. The minimum absolute atomic E-state index is 0.724. The van der Waals surface area contributed by atoms with E-state index in [0.717, 1.165) is 46.8 Å². The van der Waals surface area contributed by atoms with Gasteiger partial charge in [-0.2, -0.15) is 0 Å². The van der Waals surface area contributed by atoms with Crippen molar-refractivity contribution in [3.05, 3.63) is 41.9 Å². The first kappa shape index (κ1) is 18.4. The van der Waals surface area contributed by atoms with E-state index >= 15 is 0 Å². The van der Waals surface area contributed by atoms with E-state index in [1.807, 2.05) is 14.1 Å². The lowest BCUT2D eigenvalue weighted by atomic mass is 10.2. The fourth-order valence-corrected chi connectivity index (χ4v) is 3.57. The van der Waals surface area contributed by atoms with Gasteiger partial charge in [-0.25, -0.2) is 14.5 Å². The fraction of sp³-hybridized carbons (Fsp3) is 0.381. The van der Waals surface area contributed by atoms with E-state index in [2.05, 4.69) is 66.8 Å². The number of likely N-dealkylation sites (N-methyl/N-ethyl adjacent to an activating group) is 1. The Morgan fingerprint density at radius 3 is 2.39 bits per heavy atom. The summed E-state index contributed by atoms with van der Waals surface area (Å²) in [4.78, 5) is 13.1. The minimum Gasteiger partial charge on any atom is -0.378 e. The van der Waals surface area contributed by atoms with Crippen molar-refractivity contribution in [1.29, 1.82) is 0 Å². The molecule has 0 amide bonds. The molecule has 0 atom stereocenters. The van der Waals surface area contributed by atoms with Crippen LogP contribution >= 0.6 is 0 Å². The first-order chi connectivity index (χ1) is 13.4. The van der Waals surface area contributed by atoms with Crippen molar-refractivity contribution >= 4 is 22.4 Å². The van der Waals surface area contributed by atoms with Gasteiger partial charge in [-0.05, 0) is 43.7 Å². The van der Waals surface area contributed by atoms with Crippen molar-refractivity contribution < 1.29 is 4.90 Å². The Labute approximate surface area is 165 Å². The lowest BCUT2D eigenvalue weighted by molar-refractivity contribution is -0.858. The monoisotopic (exact) mass is 378 g/mol. The van der Waals surface area contributed by atoms with Crippen LogP contribution in [0.15, 0.2) is 30.6 Å². The van der Waals surface area contributed by atoms with Gasteiger partial charge in [-0.3, -0.25) is 0 Å². The molecule has 0 saturated carbocycles. The highest BCUT2D eigenvalue weighted by Crippen LogP contribution is 2.28. The van der Waals surface area contributed by atoms with Crippen LogP contribution in [0.5, 0.6) is 0 Å². The first-order valence-electron chi connectivity index (χ1n) is 9.64. The van der Waals surface area contributed by atoms with E-state index in [-0.39, 0.29) is 0 Å². The Bertz CT molecular complexity index is 1130. The molecule has 0 aliphatic rings. The third-order valence-corrected chi connectivity index (χ3v) is 5.42. The second-order valence-corrected chi connectivity index (χ2v) is 7.91. The number of rotatable bonds is 5.